The van der Waals surface area contributed by atoms with Gasteiger partial charge >= 0.3 is 0 Å². The summed E-state index contributed by atoms with van der Waals surface area (Å²) in [6, 6.07) is 7.58. The third-order valence-electron chi connectivity index (χ3n) is 5.19. The Morgan fingerprint density at radius 2 is 1.79 bits per heavy atom. The molecule has 2 aromatic rings. The van der Waals surface area contributed by atoms with Gasteiger partial charge in [-0.15, -0.1) is 17.0 Å². The summed E-state index contributed by atoms with van der Waals surface area (Å²) in [5.74, 6) is 2.80. The second-order valence-electron chi connectivity index (χ2n) is 6.89. The molecule has 0 N–H and O–H groups in total. The maximum Gasteiger partial charge on any atom is 0.231 e. The normalized spacial score (nSPS) is 15.9. The lowest BCUT2D eigenvalue weighted by molar-refractivity contribution is 0.0990. The second-order valence-corrected chi connectivity index (χ2v) is 6.89. The van der Waals surface area contributed by atoms with Crippen LogP contribution in [0.5, 0.6) is 23.0 Å². The van der Waals surface area contributed by atoms with Gasteiger partial charge < -0.3 is 23.8 Å². The van der Waals surface area contributed by atoms with Crippen LogP contribution >= 0.6 is 17.0 Å². The topological polar surface area (TPSA) is 57.2 Å². The second kappa shape index (κ2) is 8.41. The van der Waals surface area contributed by atoms with Gasteiger partial charge in [0.15, 0.2) is 28.8 Å². The van der Waals surface area contributed by atoms with E-state index in [4.69, 9.17) is 18.9 Å². The summed E-state index contributed by atoms with van der Waals surface area (Å²) < 4.78 is 22.0. The minimum absolute atomic E-state index is 0. The van der Waals surface area contributed by atoms with Crippen LogP contribution in [0.2, 0.25) is 0 Å². The van der Waals surface area contributed by atoms with Crippen LogP contribution in [0, 0.1) is 0 Å². The number of ketones is 1. The summed E-state index contributed by atoms with van der Waals surface area (Å²) in [5.41, 5.74) is 3.65. The molecule has 28 heavy (non-hydrogen) atoms. The molecule has 0 atom stereocenters. The Labute approximate surface area is 175 Å². The minimum atomic E-state index is 0. The van der Waals surface area contributed by atoms with Crippen molar-refractivity contribution < 1.29 is 23.7 Å². The maximum atomic E-state index is 13.1. The zero-order valence-corrected chi connectivity index (χ0v) is 18.0. The van der Waals surface area contributed by atoms with Gasteiger partial charge in [-0.25, -0.2) is 0 Å². The first-order valence-electron chi connectivity index (χ1n) is 8.97. The number of nitrogens with zero attached hydrogens (tertiary/aromatic N) is 1. The smallest absolute Gasteiger partial charge is 0.231 e. The Morgan fingerprint density at radius 3 is 2.50 bits per heavy atom. The van der Waals surface area contributed by atoms with Crippen LogP contribution in [0.3, 0.4) is 0 Å². The molecular formula is C21H24BrNO5. The van der Waals surface area contributed by atoms with Gasteiger partial charge in [0, 0.05) is 30.6 Å². The molecule has 2 heterocycles. The van der Waals surface area contributed by atoms with Crippen LogP contribution in [0.15, 0.2) is 24.3 Å². The highest BCUT2D eigenvalue weighted by molar-refractivity contribution is 8.93. The van der Waals surface area contributed by atoms with Crippen LogP contribution in [-0.2, 0) is 19.4 Å². The predicted octanol–water partition coefficient (Wildman–Crippen LogP) is 3.42. The van der Waals surface area contributed by atoms with Crippen molar-refractivity contribution in [3.05, 3.63) is 46.5 Å². The van der Waals surface area contributed by atoms with Crippen molar-refractivity contribution in [2.75, 3.05) is 34.6 Å². The third kappa shape index (κ3) is 3.69. The molecule has 2 aliphatic heterocycles. The quantitative estimate of drug-likeness (QED) is 0.699. The first-order chi connectivity index (χ1) is 13.1. The van der Waals surface area contributed by atoms with Gasteiger partial charge in [-0.2, -0.15) is 0 Å². The summed E-state index contributed by atoms with van der Waals surface area (Å²) in [4.78, 5) is 15.4. The summed E-state index contributed by atoms with van der Waals surface area (Å²) in [7, 11) is 5.33. The average molecular weight is 450 g/mol. The monoisotopic (exact) mass is 449 g/mol. The summed E-state index contributed by atoms with van der Waals surface area (Å²) in [5, 5.41) is 0. The lowest BCUT2D eigenvalue weighted by Gasteiger charge is -2.24. The fraction of sp³-hybridized carbons (Fsp3) is 0.381. The number of likely N-dealkylation sites (N-methyl/N-ethyl adjacent to an activating group) is 1. The van der Waals surface area contributed by atoms with Gasteiger partial charge in [-0.05, 0) is 42.8 Å². The number of ether oxygens (including phenoxy) is 4. The van der Waals surface area contributed by atoms with E-state index in [9.17, 15) is 4.79 Å². The van der Waals surface area contributed by atoms with Gasteiger partial charge in [0.1, 0.15) is 0 Å². The average Bonchev–Trinajstić information content (AvgIpc) is 3.13. The molecule has 0 aliphatic carbocycles. The van der Waals surface area contributed by atoms with E-state index in [1.54, 1.807) is 14.2 Å². The maximum absolute atomic E-state index is 13.1. The first kappa shape index (κ1) is 20.5. The standard InChI is InChI=1S/C21H23NO5.BrH/c1-22-7-6-14-9-19-20(27-12-26-19)10-15(14)17(23)8-13-4-5-18(24-2)21(25-3)16(13)11-22;/h4-5,9-10H,6-8,11-12H2,1-3H3;1H. The molecule has 0 fully saturated rings. The number of halogens is 1. The Hall–Kier alpha value is -2.25. The highest BCUT2D eigenvalue weighted by atomic mass is 79.9. The van der Waals surface area contributed by atoms with Crippen LogP contribution in [0.1, 0.15) is 27.0 Å². The molecule has 0 spiro atoms. The number of Topliss-reactive ketones (excluding diaryl/α,β-unsaturated/α-hetero) is 1. The Kier molecular flexibility index (Phi) is 6.15. The van der Waals surface area contributed by atoms with E-state index in [-0.39, 0.29) is 29.6 Å². The SMILES string of the molecule is Br.COc1ccc2c(c1OC)CN(C)CCc1cc3c(cc1C(=O)C2)OCO3. The summed E-state index contributed by atoms with van der Waals surface area (Å²) in [6.45, 7) is 1.69. The van der Waals surface area contributed by atoms with Gasteiger partial charge in [-0.1, -0.05) is 6.07 Å². The van der Waals surface area contributed by atoms with Crippen molar-refractivity contribution in [1.29, 1.82) is 0 Å². The molecule has 2 aliphatic rings. The first-order valence-corrected chi connectivity index (χ1v) is 8.97. The highest BCUT2D eigenvalue weighted by Crippen LogP contribution is 2.38. The third-order valence-corrected chi connectivity index (χ3v) is 5.19. The Bertz CT molecular complexity index is 899. The van der Waals surface area contributed by atoms with Crippen molar-refractivity contribution in [3.8, 4) is 23.0 Å². The summed E-state index contributed by atoms with van der Waals surface area (Å²) >= 11 is 0. The fourth-order valence-corrected chi connectivity index (χ4v) is 3.75. The van der Waals surface area contributed by atoms with Gasteiger partial charge in [0.2, 0.25) is 6.79 Å². The Morgan fingerprint density at radius 1 is 1.04 bits per heavy atom. The van der Waals surface area contributed by atoms with E-state index >= 15 is 0 Å². The molecule has 0 radical (unpaired) electrons. The van der Waals surface area contributed by atoms with Crippen LogP contribution in [0.4, 0.5) is 0 Å². The fourth-order valence-electron chi connectivity index (χ4n) is 3.75. The molecular weight excluding hydrogens is 426 g/mol. The Balaban J connectivity index is 0.00000225. The van der Waals surface area contributed by atoms with Crippen molar-refractivity contribution in [3.63, 3.8) is 0 Å². The van der Waals surface area contributed by atoms with Gasteiger partial charge in [-0.3, -0.25) is 4.79 Å². The van der Waals surface area contributed by atoms with Gasteiger partial charge in [0.25, 0.3) is 0 Å². The number of hydrogen-bond acceptors (Lipinski definition) is 6. The van der Waals surface area contributed by atoms with E-state index in [1.807, 2.05) is 24.3 Å². The molecule has 0 aromatic heterocycles. The largest absolute Gasteiger partial charge is 0.493 e. The molecule has 2 aromatic carbocycles. The van der Waals surface area contributed by atoms with Crippen LogP contribution < -0.4 is 18.9 Å². The number of methoxy groups -OCH3 is 2. The molecule has 0 amide bonds. The van der Waals surface area contributed by atoms with Crippen molar-refractivity contribution in [1.82, 2.24) is 4.90 Å². The number of benzene rings is 2. The number of rotatable bonds is 2. The van der Waals surface area contributed by atoms with E-state index in [0.29, 0.717) is 41.5 Å². The van der Waals surface area contributed by atoms with E-state index < -0.39 is 0 Å². The summed E-state index contributed by atoms with van der Waals surface area (Å²) in [6.07, 6.45) is 1.06. The molecule has 150 valence electrons. The number of carbonyl (C=O) groups is 1. The lowest BCUT2D eigenvalue weighted by atomic mass is 9.92. The van der Waals surface area contributed by atoms with Crippen molar-refractivity contribution >= 4 is 22.8 Å². The van der Waals surface area contributed by atoms with E-state index in [1.165, 1.54) is 0 Å². The van der Waals surface area contributed by atoms with Gasteiger partial charge in [0.05, 0.1) is 14.2 Å². The van der Waals surface area contributed by atoms with Crippen LogP contribution in [-0.4, -0.2) is 45.3 Å². The molecule has 0 saturated carbocycles. The van der Waals surface area contributed by atoms with Crippen LogP contribution in [0.25, 0.3) is 0 Å². The van der Waals surface area contributed by atoms with Crippen molar-refractivity contribution in [2.45, 2.75) is 19.4 Å². The predicted molar refractivity (Wildman–Crippen MR) is 111 cm³/mol. The molecule has 7 heteroatoms. The van der Waals surface area contributed by atoms with E-state index in [2.05, 4.69) is 11.9 Å². The van der Waals surface area contributed by atoms with E-state index in [0.717, 1.165) is 29.7 Å². The van der Waals surface area contributed by atoms with Crippen molar-refractivity contribution in [2.24, 2.45) is 0 Å². The molecule has 0 bridgehead atoms. The number of fused-ring (bicyclic) bond motifs is 3. The molecule has 6 nitrogen and oxygen atoms in total. The number of hydrogen-bond donors (Lipinski definition) is 0. The molecule has 4 rings (SSSR count). The molecule has 0 unspecified atom stereocenters. The lowest BCUT2D eigenvalue weighted by Crippen LogP contribution is -2.24. The molecule has 0 saturated heterocycles. The minimum Gasteiger partial charge on any atom is -0.493 e. The zero-order valence-electron chi connectivity index (χ0n) is 16.2. The number of carbonyl (C=O) groups excluding carboxylic acids is 1. The zero-order chi connectivity index (χ0) is 19.0. The highest BCUT2D eigenvalue weighted by Gasteiger charge is 2.25.